The molecule has 0 radical (unpaired) electrons. The largest absolute Gasteiger partial charge is 0.459 e. The number of nitrogens with zero attached hydrogens (tertiary/aromatic N) is 1. The predicted octanol–water partition coefficient (Wildman–Crippen LogP) is 0.800. The maximum Gasteiger partial charge on any atom is 0.384 e. The zero-order valence-corrected chi connectivity index (χ0v) is 7.28. The molecule has 1 aromatic heterocycles. The monoisotopic (exact) mass is 175 g/mol. The number of rotatable bonds is 1. The van der Waals surface area contributed by atoms with Crippen molar-refractivity contribution in [1.29, 1.82) is 0 Å². The lowest BCUT2D eigenvalue weighted by molar-refractivity contribution is -0.133. The first-order valence-corrected chi connectivity index (χ1v) is 3.79. The molecule has 0 atom stereocenters. The van der Waals surface area contributed by atoms with Crippen LogP contribution in [0.3, 0.4) is 0 Å². The fraction of sp³-hybridized carbons (Fsp3) is 0.200. The average Bonchev–Trinajstić information content (AvgIpc) is 2.19. The number of carbonyl (C=O) groups is 1. The summed E-state index contributed by atoms with van der Waals surface area (Å²) in [6, 6.07) is 5.56. The summed E-state index contributed by atoms with van der Waals surface area (Å²) in [5, 5.41) is 0. The smallest absolute Gasteiger partial charge is 0.384 e. The molecule has 0 saturated carbocycles. The second-order valence-corrected chi connectivity index (χ2v) is 2.29. The van der Waals surface area contributed by atoms with Gasteiger partial charge in [0, 0.05) is 12.1 Å². The topological polar surface area (TPSA) is 39.2 Å². The van der Waals surface area contributed by atoms with Gasteiger partial charge in [-0.3, -0.25) is 4.98 Å². The highest BCUT2D eigenvalue weighted by atomic mass is 16.5. The molecule has 0 unspecified atom stereocenters. The minimum absolute atomic E-state index is 0.468. The number of methoxy groups -OCH3 is 1. The van der Waals surface area contributed by atoms with E-state index in [4.69, 9.17) is 0 Å². The molecule has 3 nitrogen and oxygen atoms in total. The Hall–Kier alpha value is -1.82. The van der Waals surface area contributed by atoms with E-state index in [1.807, 2.05) is 18.2 Å². The fourth-order valence-electron chi connectivity index (χ4n) is 0.761. The molecule has 3 heteroatoms. The van der Waals surface area contributed by atoms with E-state index in [-0.39, 0.29) is 0 Å². The second-order valence-electron chi connectivity index (χ2n) is 2.29. The van der Waals surface area contributed by atoms with Gasteiger partial charge in [0.2, 0.25) is 0 Å². The highest BCUT2D eigenvalue weighted by Gasteiger charge is 1.90. The number of ether oxygens (including phenoxy) is 1. The van der Waals surface area contributed by atoms with Crippen molar-refractivity contribution in [3.05, 3.63) is 30.1 Å². The summed E-state index contributed by atoms with van der Waals surface area (Å²) in [6.07, 6.45) is 2.16. The molecule has 0 bridgehead atoms. The fourth-order valence-corrected chi connectivity index (χ4v) is 0.761. The van der Waals surface area contributed by atoms with Gasteiger partial charge in [0.05, 0.1) is 19.2 Å². The zero-order valence-electron chi connectivity index (χ0n) is 7.28. The van der Waals surface area contributed by atoms with Crippen LogP contribution in [0.1, 0.15) is 5.69 Å². The van der Waals surface area contributed by atoms with Crippen molar-refractivity contribution in [3.8, 4) is 11.8 Å². The van der Waals surface area contributed by atoms with Crippen molar-refractivity contribution in [3.63, 3.8) is 0 Å². The summed E-state index contributed by atoms with van der Waals surface area (Å²) >= 11 is 0. The Bertz CT molecular complexity index is 335. The van der Waals surface area contributed by atoms with Crippen LogP contribution in [0, 0.1) is 11.8 Å². The van der Waals surface area contributed by atoms with E-state index < -0.39 is 5.97 Å². The highest BCUT2D eigenvalue weighted by molar-refractivity contribution is 5.88. The van der Waals surface area contributed by atoms with Gasteiger partial charge < -0.3 is 4.74 Å². The molecule has 66 valence electrons. The lowest BCUT2D eigenvalue weighted by Crippen LogP contribution is -1.95. The molecule has 0 amide bonds. The van der Waals surface area contributed by atoms with Crippen LogP contribution >= 0.6 is 0 Å². The molecular weight excluding hydrogens is 166 g/mol. The molecule has 13 heavy (non-hydrogen) atoms. The molecule has 0 aromatic carbocycles. The molecule has 1 heterocycles. The van der Waals surface area contributed by atoms with Gasteiger partial charge in [0.1, 0.15) is 0 Å². The van der Waals surface area contributed by atoms with Gasteiger partial charge in [0.25, 0.3) is 0 Å². The van der Waals surface area contributed by atoms with Crippen molar-refractivity contribution in [1.82, 2.24) is 4.98 Å². The summed E-state index contributed by atoms with van der Waals surface area (Å²) in [5.41, 5.74) is 0.846. The van der Waals surface area contributed by atoms with Gasteiger partial charge in [-0.15, -0.1) is 0 Å². The van der Waals surface area contributed by atoms with Crippen LogP contribution in [0.15, 0.2) is 24.4 Å². The van der Waals surface area contributed by atoms with Crippen molar-refractivity contribution >= 4 is 5.97 Å². The Labute approximate surface area is 76.8 Å². The number of pyridine rings is 1. The maximum atomic E-state index is 10.6. The summed E-state index contributed by atoms with van der Waals surface area (Å²) in [6.45, 7) is 0. The summed E-state index contributed by atoms with van der Waals surface area (Å²) < 4.78 is 4.36. The van der Waals surface area contributed by atoms with E-state index in [0.29, 0.717) is 6.42 Å². The third kappa shape index (κ3) is 3.39. The molecule has 0 N–H and O–H groups in total. The van der Waals surface area contributed by atoms with E-state index >= 15 is 0 Å². The van der Waals surface area contributed by atoms with Gasteiger partial charge in [-0.05, 0) is 12.1 Å². The molecule has 1 rings (SSSR count). The van der Waals surface area contributed by atoms with E-state index in [0.717, 1.165) is 5.69 Å². The SMILES string of the molecule is COC(=O)C#CCc1ccccn1. The van der Waals surface area contributed by atoms with Crippen LogP contribution in [-0.2, 0) is 16.0 Å². The normalized spacial score (nSPS) is 8.38. The van der Waals surface area contributed by atoms with Crippen molar-refractivity contribution in [2.75, 3.05) is 7.11 Å². The number of esters is 1. The van der Waals surface area contributed by atoms with Crippen LogP contribution in [0.25, 0.3) is 0 Å². The van der Waals surface area contributed by atoms with E-state index in [2.05, 4.69) is 21.6 Å². The molecule has 0 fully saturated rings. The summed E-state index contributed by atoms with van der Waals surface area (Å²) in [4.78, 5) is 14.6. The first-order chi connectivity index (χ1) is 6.33. The molecule has 0 aliphatic rings. The molecule has 0 aliphatic carbocycles. The minimum Gasteiger partial charge on any atom is -0.459 e. The summed E-state index contributed by atoms with van der Waals surface area (Å²) in [5.74, 6) is 4.48. The standard InChI is InChI=1S/C10H9NO2/c1-13-10(12)7-4-6-9-5-2-3-8-11-9/h2-3,5,8H,6H2,1H3. The Kier molecular flexibility index (Phi) is 3.52. The number of hydrogen-bond donors (Lipinski definition) is 0. The number of hydrogen-bond acceptors (Lipinski definition) is 3. The quantitative estimate of drug-likeness (QED) is 0.360. The Balaban J connectivity index is 2.51. The molecule has 1 aromatic rings. The van der Waals surface area contributed by atoms with E-state index in [9.17, 15) is 4.79 Å². The van der Waals surface area contributed by atoms with Gasteiger partial charge in [-0.1, -0.05) is 12.0 Å². The van der Waals surface area contributed by atoms with Gasteiger partial charge in [0.15, 0.2) is 0 Å². The van der Waals surface area contributed by atoms with Crippen LogP contribution < -0.4 is 0 Å². The molecule has 0 aliphatic heterocycles. The van der Waals surface area contributed by atoms with Crippen molar-refractivity contribution < 1.29 is 9.53 Å². The predicted molar refractivity (Wildman–Crippen MR) is 47.7 cm³/mol. The highest BCUT2D eigenvalue weighted by Crippen LogP contribution is 1.92. The van der Waals surface area contributed by atoms with Crippen LogP contribution in [0.5, 0.6) is 0 Å². The van der Waals surface area contributed by atoms with Crippen molar-refractivity contribution in [2.24, 2.45) is 0 Å². The van der Waals surface area contributed by atoms with E-state index in [1.54, 1.807) is 6.20 Å². The Morgan fingerprint density at radius 2 is 2.46 bits per heavy atom. The third-order valence-electron chi connectivity index (χ3n) is 1.37. The van der Waals surface area contributed by atoms with Crippen LogP contribution in [-0.4, -0.2) is 18.1 Å². The molecule has 0 saturated heterocycles. The zero-order chi connectivity index (χ0) is 9.52. The van der Waals surface area contributed by atoms with Crippen LogP contribution in [0.2, 0.25) is 0 Å². The summed E-state index contributed by atoms with van der Waals surface area (Å²) in [7, 11) is 1.30. The van der Waals surface area contributed by atoms with Gasteiger partial charge >= 0.3 is 5.97 Å². The molecular formula is C10H9NO2. The third-order valence-corrected chi connectivity index (χ3v) is 1.37. The lowest BCUT2D eigenvalue weighted by atomic mass is 10.3. The van der Waals surface area contributed by atoms with E-state index in [1.165, 1.54) is 7.11 Å². The second kappa shape index (κ2) is 4.94. The average molecular weight is 175 g/mol. The van der Waals surface area contributed by atoms with Gasteiger partial charge in [-0.25, -0.2) is 4.79 Å². The van der Waals surface area contributed by atoms with Crippen LogP contribution in [0.4, 0.5) is 0 Å². The van der Waals surface area contributed by atoms with Crippen molar-refractivity contribution in [2.45, 2.75) is 6.42 Å². The minimum atomic E-state index is -0.518. The number of aromatic nitrogens is 1. The number of carbonyl (C=O) groups excluding carboxylic acids is 1. The first kappa shape index (κ1) is 9.27. The first-order valence-electron chi connectivity index (χ1n) is 3.79. The van der Waals surface area contributed by atoms with Gasteiger partial charge in [-0.2, -0.15) is 0 Å². The lowest BCUT2D eigenvalue weighted by Gasteiger charge is -1.90. The Morgan fingerprint density at radius 1 is 1.62 bits per heavy atom. The maximum absolute atomic E-state index is 10.6. The molecule has 0 spiro atoms. The Morgan fingerprint density at radius 3 is 3.08 bits per heavy atom.